The second kappa shape index (κ2) is 18.3. The predicted octanol–water partition coefficient (Wildman–Crippen LogP) is 9.79. The maximum Gasteiger partial charge on any atom is 0.470 e. The van der Waals surface area contributed by atoms with Crippen LogP contribution in [0.3, 0.4) is 0 Å². The monoisotopic (exact) mass is 634 g/mol. The van der Waals surface area contributed by atoms with Crippen LogP contribution in [0, 0.1) is 6.92 Å². The second-order valence-corrected chi connectivity index (χ2v) is 14.2. The second-order valence-electron chi connectivity index (χ2n) is 11.8. The van der Waals surface area contributed by atoms with Crippen LogP contribution in [0.4, 0.5) is 0 Å². The van der Waals surface area contributed by atoms with Gasteiger partial charge in [0.05, 0.1) is 4.88 Å². The molecule has 4 rings (SSSR count). The first-order chi connectivity index (χ1) is 21.4. The van der Waals surface area contributed by atoms with Gasteiger partial charge in [-0.1, -0.05) is 137 Å². The Bertz CT molecular complexity index is 1390. The fourth-order valence-electron chi connectivity index (χ4n) is 5.60. The van der Waals surface area contributed by atoms with Gasteiger partial charge in [0.25, 0.3) is 0 Å². The van der Waals surface area contributed by atoms with Gasteiger partial charge < -0.3 is 4.89 Å². The highest BCUT2D eigenvalue weighted by Gasteiger charge is 2.31. The summed E-state index contributed by atoms with van der Waals surface area (Å²) >= 11 is 1.68. The molecule has 0 radical (unpaired) electrons. The van der Waals surface area contributed by atoms with Crippen molar-refractivity contribution in [3.8, 4) is 22.6 Å². The summed E-state index contributed by atoms with van der Waals surface area (Å²) in [7, 11) is -4.42. The SMILES string of the molecule is CCCCCCCCCCCCCCc1ccc(O[P+]([O-])(O)Oc2cccc(C[n+]3csc(C)c3)c2)cc1-c1ccccc1. The lowest BCUT2D eigenvalue weighted by atomic mass is 9.95. The van der Waals surface area contributed by atoms with E-state index in [9.17, 15) is 9.79 Å². The van der Waals surface area contributed by atoms with Gasteiger partial charge >= 0.3 is 8.17 Å². The van der Waals surface area contributed by atoms with Gasteiger partial charge in [0.1, 0.15) is 0 Å². The standard InChI is InChI=1S/C37H48NO4PS/c1-3-4-5-6-7-8-9-10-11-12-13-15-22-34-24-25-36(27-37(34)33-20-16-14-17-21-33)42-43(39,40)41-35-23-18-19-32(26-35)29-38-28-31(2)44-30-38/h14,16-21,23-28,30H,3-13,15,22,29H2,1-2H3/p+1. The molecule has 0 bridgehead atoms. The Hall–Kier alpha value is -2.76. The van der Waals surface area contributed by atoms with Crippen LogP contribution in [-0.2, 0) is 13.0 Å². The van der Waals surface area contributed by atoms with E-state index in [4.69, 9.17) is 9.05 Å². The van der Waals surface area contributed by atoms with Crippen molar-refractivity contribution in [1.29, 1.82) is 0 Å². The van der Waals surface area contributed by atoms with Crippen LogP contribution in [-0.4, -0.2) is 4.89 Å². The number of rotatable bonds is 20. The van der Waals surface area contributed by atoms with Crippen LogP contribution in [0.25, 0.3) is 11.1 Å². The van der Waals surface area contributed by atoms with Crippen LogP contribution in [0.1, 0.15) is 100.0 Å². The Balaban J connectivity index is 1.30. The molecule has 0 spiro atoms. The third-order valence-corrected chi connectivity index (χ3v) is 9.63. The zero-order valence-corrected chi connectivity index (χ0v) is 28.2. The normalized spacial score (nSPS) is 12.6. The topological polar surface area (TPSA) is 65.6 Å². The van der Waals surface area contributed by atoms with Gasteiger partial charge in [0.2, 0.25) is 5.51 Å². The number of phosphoric acid groups is 1. The molecule has 0 amide bonds. The van der Waals surface area contributed by atoms with E-state index in [0.717, 1.165) is 29.5 Å². The van der Waals surface area contributed by atoms with Gasteiger partial charge in [-0.05, 0) is 60.7 Å². The van der Waals surface area contributed by atoms with Crippen LogP contribution >= 0.6 is 19.5 Å². The quantitative estimate of drug-likeness (QED) is 0.0597. The third kappa shape index (κ3) is 12.0. The van der Waals surface area contributed by atoms with Gasteiger partial charge in [-0.3, -0.25) is 9.05 Å². The van der Waals surface area contributed by atoms with Crippen molar-refractivity contribution in [2.24, 2.45) is 0 Å². The lowest BCUT2D eigenvalue weighted by molar-refractivity contribution is -0.683. The first-order valence-electron chi connectivity index (χ1n) is 16.4. The van der Waals surface area contributed by atoms with Crippen molar-refractivity contribution in [2.75, 3.05) is 0 Å². The summed E-state index contributed by atoms with van der Waals surface area (Å²) in [4.78, 5) is 25.0. The summed E-state index contributed by atoms with van der Waals surface area (Å²) in [6.45, 7) is 4.99. The zero-order valence-electron chi connectivity index (χ0n) is 26.5. The molecule has 4 aromatic rings. The fraction of sp³-hybridized carbons (Fsp3) is 0.432. The van der Waals surface area contributed by atoms with E-state index in [2.05, 4.69) is 42.3 Å². The minimum absolute atomic E-state index is 0.299. The molecule has 3 aromatic carbocycles. The minimum Gasteiger partial charge on any atom is -0.591 e. The van der Waals surface area contributed by atoms with E-state index >= 15 is 0 Å². The highest BCUT2D eigenvalue weighted by Crippen LogP contribution is 2.48. The van der Waals surface area contributed by atoms with Crippen molar-refractivity contribution in [2.45, 2.75) is 104 Å². The minimum atomic E-state index is -4.42. The number of phosphoric ester groups is 1. The number of hydrogen-bond donors (Lipinski definition) is 1. The molecule has 0 saturated heterocycles. The highest BCUT2D eigenvalue weighted by atomic mass is 32.1. The maximum atomic E-state index is 13.1. The Kier molecular flexibility index (Phi) is 14.2. The molecule has 7 heteroatoms. The molecule has 1 unspecified atom stereocenters. The molecule has 0 aliphatic heterocycles. The molecular weight excluding hydrogens is 585 g/mol. The summed E-state index contributed by atoms with van der Waals surface area (Å²) < 4.78 is 13.2. The molecule has 5 nitrogen and oxygen atoms in total. The van der Waals surface area contributed by atoms with E-state index in [-0.39, 0.29) is 0 Å². The largest absolute Gasteiger partial charge is 0.591 e. The number of unbranched alkanes of at least 4 members (excludes halogenated alkanes) is 11. The van der Waals surface area contributed by atoms with E-state index in [1.807, 2.05) is 42.5 Å². The Morgan fingerprint density at radius 2 is 1.39 bits per heavy atom. The van der Waals surface area contributed by atoms with Crippen molar-refractivity contribution >= 4 is 19.5 Å². The van der Waals surface area contributed by atoms with Gasteiger partial charge in [0.15, 0.2) is 24.2 Å². The van der Waals surface area contributed by atoms with Gasteiger partial charge in [-0.25, -0.2) is 0 Å². The average molecular weight is 635 g/mol. The van der Waals surface area contributed by atoms with Crippen LogP contribution in [0.5, 0.6) is 11.5 Å². The number of aryl methyl sites for hydroxylation is 2. The van der Waals surface area contributed by atoms with E-state index < -0.39 is 8.17 Å². The first-order valence-corrected chi connectivity index (χ1v) is 18.7. The Morgan fingerprint density at radius 1 is 0.750 bits per heavy atom. The number of benzene rings is 3. The molecule has 1 atom stereocenters. The summed E-state index contributed by atoms with van der Waals surface area (Å²) in [6.07, 6.45) is 18.9. The lowest BCUT2D eigenvalue weighted by Gasteiger charge is -2.21. The van der Waals surface area contributed by atoms with Gasteiger partial charge in [-0.15, -0.1) is 0 Å². The molecule has 1 N–H and O–H groups in total. The summed E-state index contributed by atoms with van der Waals surface area (Å²) in [5, 5.41) is 0. The number of aromatic nitrogens is 1. The predicted molar refractivity (Wildman–Crippen MR) is 182 cm³/mol. The molecule has 0 aliphatic rings. The third-order valence-electron chi connectivity index (χ3n) is 7.89. The molecular formula is C37H49NO4PS+. The van der Waals surface area contributed by atoms with Gasteiger partial charge in [-0.2, -0.15) is 9.46 Å². The van der Waals surface area contributed by atoms with Crippen molar-refractivity contribution in [1.82, 2.24) is 0 Å². The molecule has 0 fully saturated rings. The average Bonchev–Trinajstić information content (AvgIpc) is 3.42. The molecule has 1 aromatic heterocycles. The van der Waals surface area contributed by atoms with Crippen LogP contribution in [0.15, 0.2) is 84.5 Å². The van der Waals surface area contributed by atoms with Crippen LogP contribution in [0.2, 0.25) is 0 Å². The Morgan fingerprint density at radius 3 is 2.02 bits per heavy atom. The maximum absolute atomic E-state index is 13.1. The zero-order chi connectivity index (χ0) is 31.0. The van der Waals surface area contributed by atoms with E-state index in [1.165, 1.54) is 81.1 Å². The van der Waals surface area contributed by atoms with E-state index in [0.29, 0.717) is 18.0 Å². The molecule has 0 aliphatic carbocycles. The molecule has 0 saturated carbocycles. The first kappa shape index (κ1) is 34.1. The molecule has 236 valence electrons. The summed E-state index contributed by atoms with van der Waals surface area (Å²) in [5.41, 5.74) is 6.33. The number of thiazole rings is 1. The number of hydrogen-bond acceptors (Lipinski definition) is 5. The summed E-state index contributed by atoms with van der Waals surface area (Å²) in [6, 6.07) is 23.1. The smallest absolute Gasteiger partial charge is 0.470 e. The van der Waals surface area contributed by atoms with Crippen molar-refractivity contribution in [3.63, 3.8) is 0 Å². The Labute approximate surface area is 269 Å². The number of nitrogens with zero attached hydrogens (tertiary/aromatic N) is 1. The lowest BCUT2D eigenvalue weighted by Crippen LogP contribution is -2.30. The van der Waals surface area contributed by atoms with Crippen LogP contribution < -0.4 is 18.5 Å². The summed E-state index contributed by atoms with van der Waals surface area (Å²) in [5.74, 6) is 0.612. The highest BCUT2D eigenvalue weighted by molar-refractivity contribution is 7.53. The van der Waals surface area contributed by atoms with Crippen molar-refractivity contribution in [3.05, 3.63) is 101 Å². The molecule has 1 heterocycles. The van der Waals surface area contributed by atoms with E-state index in [1.54, 1.807) is 29.5 Å². The molecule has 44 heavy (non-hydrogen) atoms. The van der Waals surface area contributed by atoms with Gasteiger partial charge in [0, 0.05) is 5.56 Å². The van der Waals surface area contributed by atoms with Crippen molar-refractivity contribution < 1.29 is 23.4 Å². The fourth-order valence-corrected chi connectivity index (χ4v) is 7.03.